The van der Waals surface area contributed by atoms with Crippen LogP contribution in [0.4, 0.5) is 0 Å². The van der Waals surface area contributed by atoms with Crippen LogP contribution in [0.1, 0.15) is 38.2 Å². The SMILES string of the molecule is C=C(/C=C\C(S)=C/C)CCC(=C)c1ccn(CC2=CCCC=C2)c1. The molecule has 0 atom stereocenters. The molecule has 2 heteroatoms. The van der Waals surface area contributed by atoms with E-state index in [1.807, 2.05) is 25.2 Å². The van der Waals surface area contributed by atoms with E-state index >= 15 is 0 Å². The summed E-state index contributed by atoms with van der Waals surface area (Å²) in [5.41, 5.74) is 4.87. The summed E-state index contributed by atoms with van der Waals surface area (Å²) in [5.74, 6) is 0. The summed E-state index contributed by atoms with van der Waals surface area (Å²) in [4.78, 5) is 0.957. The minimum Gasteiger partial charge on any atom is -0.349 e. The first-order valence-corrected chi connectivity index (χ1v) is 8.94. The Morgan fingerprint density at radius 2 is 2.08 bits per heavy atom. The molecule has 0 aliphatic heterocycles. The minimum atomic E-state index is 0.916. The number of thiol groups is 1. The average molecular weight is 338 g/mol. The Kier molecular flexibility index (Phi) is 7.20. The fourth-order valence-corrected chi connectivity index (χ4v) is 2.66. The highest BCUT2D eigenvalue weighted by Crippen LogP contribution is 2.22. The molecule has 1 aliphatic rings. The fraction of sp³-hybridized carbons (Fsp3) is 0.273. The number of hydrogen-bond acceptors (Lipinski definition) is 1. The third-order valence-electron chi connectivity index (χ3n) is 4.13. The summed E-state index contributed by atoms with van der Waals surface area (Å²) in [7, 11) is 0. The minimum absolute atomic E-state index is 0.916. The Bertz CT molecular complexity index is 710. The second-order valence-electron chi connectivity index (χ2n) is 6.14. The molecule has 0 spiro atoms. The lowest BCUT2D eigenvalue weighted by molar-refractivity contribution is 0.791. The van der Waals surface area contributed by atoms with Gasteiger partial charge in [-0.25, -0.2) is 0 Å². The lowest BCUT2D eigenvalue weighted by atomic mass is 10.0. The van der Waals surface area contributed by atoms with Gasteiger partial charge in [0.1, 0.15) is 0 Å². The summed E-state index contributed by atoms with van der Waals surface area (Å²) in [6.45, 7) is 11.2. The topological polar surface area (TPSA) is 4.93 Å². The Morgan fingerprint density at radius 1 is 1.25 bits per heavy atom. The number of nitrogens with zero attached hydrogens (tertiary/aromatic N) is 1. The van der Waals surface area contributed by atoms with Crippen molar-refractivity contribution in [2.24, 2.45) is 0 Å². The van der Waals surface area contributed by atoms with Gasteiger partial charge in [0, 0.05) is 18.9 Å². The van der Waals surface area contributed by atoms with Crippen molar-refractivity contribution in [3.8, 4) is 0 Å². The van der Waals surface area contributed by atoms with Crippen LogP contribution >= 0.6 is 12.6 Å². The molecule has 0 saturated carbocycles. The molecule has 1 heterocycles. The zero-order valence-electron chi connectivity index (χ0n) is 14.5. The zero-order valence-corrected chi connectivity index (χ0v) is 15.4. The van der Waals surface area contributed by atoms with Crippen LogP contribution in [0.25, 0.3) is 5.57 Å². The van der Waals surface area contributed by atoms with Gasteiger partial charge in [-0.1, -0.05) is 49.1 Å². The molecule has 0 N–H and O–H groups in total. The highest BCUT2D eigenvalue weighted by Gasteiger charge is 2.04. The highest BCUT2D eigenvalue weighted by atomic mass is 32.1. The van der Waals surface area contributed by atoms with E-state index in [2.05, 4.69) is 67.0 Å². The van der Waals surface area contributed by atoms with Gasteiger partial charge in [-0.15, -0.1) is 12.6 Å². The van der Waals surface area contributed by atoms with Crippen molar-refractivity contribution in [2.45, 2.75) is 39.2 Å². The summed E-state index contributed by atoms with van der Waals surface area (Å²) in [6.07, 6.45) is 21.3. The second kappa shape index (κ2) is 9.39. The molecule has 1 aliphatic carbocycles. The third-order valence-corrected chi connectivity index (χ3v) is 4.54. The van der Waals surface area contributed by atoms with Gasteiger partial charge >= 0.3 is 0 Å². The van der Waals surface area contributed by atoms with Crippen LogP contribution in [-0.4, -0.2) is 4.57 Å². The Balaban J connectivity index is 1.85. The first kappa shape index (κ1) is 18.4. The van der Waals surface area contributed by atoms with Crippen molar-refractivity contribution in [3.63, 3.8) is 0 Å². The van der Waals surface area contributed by atoms with Crippen LogP contribution in [0.2, 0.25) is 0 Å². The van der Waals surface area contributed by atoms with Gasteiger partial charge in [-0.3, -0.25) is 0 Å². The van der Waals surface area contributed by atoms with Gasteiger partial charge in [-0.2, -0.15) is 0 Å². The maximum atomic E-state index is 4.33. The van der Waals surface area contributed by atoms with Crippen molar-refractivity contribution in [1.82, 2.24) is 4.57 Å². The Hall–Kier alpha value is -1.93. The van der Waals surface area contributed by atoms with Crippen LogP contribution in [0.3, 0.4) is 0 Å². The molecule has 1 aromatic heterocycles. The monoisotopic (exact) mass is 337 g/mol. The summed E-state index contributed by atoms with van der Waals surface area (Å²) < 4.78 is 2.23. The Morgan fingerprint density at radius 3 is 2.79 bits per heavy atom. The first-order chi connectivity index (χ1) is 11.6. The molecule has 0 saturated heterocycles. The molecule has 0 aromatic carbocycles. The van der Waals surface area contributed by atoms with Gasteiger partial charge < -0.3 is 4.57 Å². The van der Waals surface area contributed by atoms with E-state index in [0.29, 0.717) is 0 Å². The average Bonchev–Trinajstić information content (AvgIpc) is 3.07. The van der Waals surface area contributed by atoms with E-state index in [-0.39, 0.29) is 0 Å². The van der Waals surface area contributed by atoms with Gasteiger partial charge in [0.2, 0.25) is 0 Å². The van der Waals surface area contributed by atoms with E-state index < -0.39 is 0 Å². The van der Waals surface area contributed by atoms with Crippen molar-refractivity contribution < 1.29 is 0 Å². The number of allylic oxidation sites excluding steroid dienone is 9. The van der Waals surface area contributed by atoms with Crippen LogP contribution < -0.4 is 0 Å². The van der Waals surface area contributed by atoms with Gasteiger partial charge in [-0.05, 0) is 66.4 Å². The summed E-state index contributed by atoms with van der Waals surface area (Å²) in [6, 6.07) is 2.15. The molecule has 0 bridgehead atoms. The second-order valence-corrected chi connectivity index (χ2v) is 6.66. The van der Waals surface area contributed by atoms with E-state index in [9.17, 15) is 0 Å². The first-order valence-electron chi connectivity index (χ1n) is 8.49. The predicted molar refractivity (Wildman–Crippen MR) is 110 cm³/mol. The predicted octanol–water partition coefficient (Wildman–Crippen LogP) is 6.50. The molecule has 126 valence electrons. The van der Waals surface area contributed by atoms with Gasteiger partial charge in [0.05, 0.1) is 0 Å². The molecule has 24 heavy (non-hydrogen) atoms. The molecule has 2 rings (SSSR count). The van der Waals surface area contributed by atoms with E-state index in [0.717, 1.165) is 41.9 Å². The van der Waals surface area contributed by atoms with Crippen molar-refractivity contribution in [1.29, 1.82) is 0 Å². The number of aromatic nitrogens is 1. The molecule has 0 amide bonds. The van der Waals surface area contributed by atoms with Crippen molar-refractivity contribution in [2.75, 3.05) is 0 Å². The van der Waals surface area contributed by atoms with Gasteiger partial charge in [0.15, 0.2) is 0 Å². The van der Waals surface area contributed by atoms with Crippen molar-refractivity contribution in [3.05, 3.63) is 89.7 Å². The maximum Gasteiger partial charge on any atom is 0.0467 e. The van der Waals surface area contributed by atoms with Crippen LogP contribution in [0, 0.1) is 0 Å². The maximum absolute atomic E-state index is 4.33. The quantitative estimate of drug-likeness (QED) is 0.408. The summed E-state index contributed by atoms with van der Waals surface area (Å²) >= 11 is 4.33. The molecule has 1 aromatic rings. The molecular weight excluding hydrogens is 310 g/mol. The highest BCUT2D eigenvalue weighted by molar-refractivity contribution is 7.84. The standard InChI is InChI=1S/C22H27NS/c1-4-22(24)13-11-18(2)10-12-19(3)21-14-15-23(17-21)16-20-8-6-5-7-9-20/h4,6,8-9,11,13-15,17,24H,2-3,5,7,10,12,16H2,1H3/b13-11-,22-4+. The lowest BCUT2D eigenvalue weighted by Crippen LogP contribution is -1.98. The number of hydrogen-bond donors (Lipinski definition) is 1. The third kappa shape index (κ3) is 5.93. The molecule has 0 unspecified atom stereocenters. The number of rotatable bonds is 8. The largest absolute Gasteiger partial charge is 0.349 e. The van der Waals surface area contributed by atoms with Crippen LogP contribution in [0.15, 0.2) is 84.1 Å². The van der Waals surface area contributed by atoms with Gasteiger partial charge in [0.25, 0.3) is 0 Å². The normalized spacial score (nSPS) is 14.9. The zero-order chi connectivity index (χ0) is 17.4. The van der Waals surface area contributed by atoms with E-state index in [4.69, 9.17) is 0 Å². The molecular formula is C22H27NS. The molecule has 0 fully saturated rings. The van der Waals surface area contributed by atoms with Crippen LogP contribution in [-0.2, 0) is 6.54 Å². The van der Waals surface area contributed by atoms with E-state index in [1.165, 1.54) is 17.6 Å². The molecule has 1 nitrogen and oxygen atoms in total. The fourth-order valence-electron chi connectivity index (χ4n) is 2.58. The summed E-state index contributed by atoms with van der Waals surface area (Å²) in [5, 5.41) is 0. The van der Waals surface area contributed by atoms with E-state index in [1.54, 1.807) is 0 Å². The van der Waals surface area contributed by atoms with Crippen molar-refractivity contribution >= 4 is 18.2 Å². The smallest absolute Gasteiger partial charge is 0.0467 e. The molecule has 0 radical (unpaired) electrons. The van der Waals surface area contributed by atoms with Crippen LogP contribution in [0.5, 0.6) is 0 Å². The Labute approximate surface area is 151 Å². The lowest BCUT2D eigenvalue weighted by Gasteiger charge is -2.08.